The summed E-state index contributed by atoms with van der Waals surface area (Å²) in [5.74, 6) is -2.94. The van der Waals surface area contributed by atoms with Gasteiger partial charge in [-0.3, -0.25) is 9.59 Å². The number of carbonyl (C=O) groups is 4. The zero-order chi connectivity index (χ0) is 15.0. The van der Waals surface area contributed by atoms with Gasteiger partial charge in [0.2, 0.25) is 5.91 Å². The van der Waals surface area contributed by atoms with Crippen molar-refractivity contribution in [2.24, 2.45) is 0 Å². The highest BCUT2D eigenvalue weighted by molar-refractivity contribution is 5.88. The highest BCUT2D eigenvalue weighted by atomic mass is 16.4. The van der Waals surface area contributed by atoms with Crippen molar-refractivity contribution >= 4 is 23.9 Å². The summed E-state index contributed by atoms with van der Waals surface area (Å²) < 4.78 is 0. The van der Waals surface area contributed by atoms with Crippen LogP contribution in [0.3, 0.4) is 0 Å². The minimum absolute atomic E-state index is 0.244. The average Bonchev–Trinajstić information content (AvgIpc) is 2.32. The highest BCUT2D eigenvalue weighted by Crippen LogP contribution is 1.98. The van der Waals surface area contributed by atoms with Crippen LogP contribution in [0.1, 0.15) is 19.8 Å². The third-order valence-electron chi connectivity index (χ3n) is 2.24. The molecule has 0 aliphatic rings. The Labute approximate surface area is 109 Å². The maximum atomic E-state index is 11.4. The largest absolute Gasteiger partial charge is 0.481 e. The molecule has 9 nitrogen and oxygen atoms in total. The number of likely N-dealkylation sites (N-methyl/N-ethyl adjacent to an activating group) is 1. The van der Waals surface area contributed by atoms with Crippen molar-refractivity contribution in [2.45, 2.75) is 31.8 Å². The van der Waals surface area contributed by atoms with E-state index < -0.39 is 36.0 Å². The molecular weight excluding hydrogens is 258 g/mol. The number of rotatable bonds is 7. The zero-order valence-electron chi connectivity index (χ0n) is 10.6. The van der Waals surface area contributed by atoms with Crippen LogP contribution in [0.4, 0.5) is 4.79 Å². The maximum Gasteiger partial charge on any atom is 0.326 e. The van der Waals surface area contributed by atoms with E-state index in [1.807, 2.05) is 0 Å². The molecule has 0 aliphatic heterocycles. The van der Waals surface area contributed by atoms with Gasteiger partial charge >= 0.3 is 18.0 Å². The third kappa shape index (κ3) is 6.86. The minimum atomic E-state index is -1.34. The molecule has 108 valence electrons. The SMILES string of the molecule is CNC(=O)C(C)NC(=O)NC(CCC(=O)O)C(=O)O. The Kier molecular flexibility index (Phi) is 6.94. The van der Waals surface area contributed by atoms with Crippen LogP contribution in [-0.2, 0) is 14.4 Å². The summed E-state index contributed by atoms with van der Waals surface area (Å²) in [6.07, 6.45) is -0.630. The van der Waals surface area contributed by atoms with E-state index in [2.05, 4.69) is 16.0 Å². The molecule has 0 aromatic rings. The van der Waals surface area contributed by atoms with Crippen molar-refractivity contribution in [3.05, 3.63) is 0 Å². The maximum absolute atomic E-state index is 11.4. The van der Waals surface area contributed by atoms with Gasteiger partial charge in [-0.1, -0.05) is 0 Å². The third-order valence-corrected chi connectivity index (χ3v) is 2.24. The first-order chi connectivity index (χ1) is 8.77. The number of hydrogen-bond acceptors (Lipinski definition) is 4. The van der Waals surface area contributed by atoms with Crippen LogP contribution >= 0.6 is 0 Å². The summed E-state index contributed by atoms with van der Waals surface area (Å²) in [5, 5.41) is 23.9. The molecule has 9 heteroatoms. The molecule has 0 saturated carbocycles. The van der Waals surface area contributed by atoms with Gasteiger partial charge in [0.25, 0.3) is 0 Å². The van der Waals surface area contributed by atoms with E-state index in [0.717, 1.165) is 0 Å². The average molecular weight is 275 g/mol. The molecule has 0 fully saturated rings. The van der Waals surface area contributed by atoms with Gasteiger partial charge in [0.05, 0.1) is 0 Å². The van der Waals surface area contributed by atoms with Crippen LogP contribution in [0.15, 0.2) is 0 Å². The smallest absolute Gasteiger partial charge is 0.326 e. The van der Waals surface area contributed by atoms with E-state index >= 15 is 0 Å². The molecule has 2 atom stereocenters. The number of carbonyl (C=O) groups excluding carboxylic acids is 2. The van der Waals surface area contributed by atoms with Gasteiger partial charge in [-0.25, -0.2) is 9.59 Å². The lowest BCUT2D eigenvalue weighted by atomic mass is 10.1. The van der Waals surface area contributed by atoms with Crippen molar-refractivity contribution in [1.82, 2.24) is 16.0 Å². The van der Waals surface area contributed by atoms with Gasteiger partial charge in [-0.2, -0.15) is 0 Å². The number of amides is 3. The van der Waals surface area contributed by atoms with Crippen molar-refractivity contribution in [3.63, 3.8) is 0 Å². The fourth-order valence-electron chi connectivity index (χ4n) is 1.20. The summed E-state index contributed by atoms with van der Waals surface area (Å²) in [7, 11) is 1.39. The Morgan fingerprint density at radius 3 is 2.11 bits per heavy atom. The lowest BCUT2D eigenvalue weighted by molar-refractivity contribution is -0.140. The highest BCUT2D eigenvalue weighted by Gasteiger charge is 2.22. The molecule has 0 saturated heterocycles. The summed E-state index contributed by atoms with van der Waals surface area (Å²) in [6, 6.07) is -3.01. The quantitative estimate of drug-likeness (QED) is 0.392. The van der Waals surface area contributed by atoms with Gasteiger partial charge in [0.1, 0.15) is 12.1 Å². The first-order valence-electron chi connectivity index (χ1n) is 5.51. The number of carboxylic acid groups (broad SMARTS) is 2. The van der Waals surface area contributed by atoms with Crippen LogP contribution in [-0.4, -0.2) is 53.2 Å². The zero-order valence-corrected chi connectivity index (χ0v) is 10.6. The van der Waals surface area contributed by atoms with Gasteiger partial charge < -0.3 is 26.2 Å². The van der Waals surface area contributed by atoms with E-state index in [0.29, 0.717) is 0 Å². The van der Waals surface area contributed by atoms with Crippen molar-refractivity contribution in [3.8, 4) is 0 Å². The van der Waals surface area contributed by atoms with E-state index in [1.165, 1.54) is 14.0 Å². The molecule has 3 amide bonds. The molecule has 0 aromatic carbocycles. The Morgan fingerprint density at radius 1 is 1.11 bits per heavy atom. The molecule has 0 rings (SSSR count). The molecule has 0 aromatic heterocycles. The van der Waals surface area contributed by atoms with Crippen LogP contribution < -0.4 is 16.0 Å². The lowest BCUT2D eigenvalue weighted by Gasteiger charge is -2.17. The normalized spacial score (nSPS) is 12.9. The van der Waals surface area contributed by atoms with E-state index in [4.69, 9.17) is 10.2 Å². The summed E-state index contributed by atoms with van der Waals surface area (Å²) in [5.41, 5.74) is 0. The Morgan fingerprint density at radius 2 is 1.68 bits per heavy atom. The second kappa shape index (κ2) is 7.90. The van der Waals surface area contributed by atoms with Gasteiger partial charge in [-0.15, -0.1) is 0 Å². The fraction of sp³-hybridized carbons (Fsp3) is 0.600. The molecule has 5 N–H and O–H groups in total. The predicted octanol–water partition coefficient (Wildman–Crippen LogP) is -1.26. The Balaban J connectivity index is 4.35. The van der Waals surface area contributed by atoms with Crippen molar-refractivity contribution in [2.75, 3.05) is 7.05 Å². The van der Waals surface area contributed by atoms with Crippen molar-refractivity contribution in [1.29, 1.82) is 0 Å². The molecule has 0 radical (unpaired) electrons. The topological polar surface area (TPSA) is 145 Å². The first-order valence-corrected chi connectivity index (χ1v) is 5.51. The number of urea groups is 1. The van der Waals surface area contributed by atoms with Gasteiger partial charge in [0.15, 0.2) is 0 Å². The second-order valence-electron chi connectivity index (χ2n) is 3.78. The van der Waals surface area contributed by atoms with Crippen molar-refractivity contribution < 1.29 is 29.4 Å². The summed E-state index contributed by atoms with van der Waals surface area (Å²) in [4.78, 5) is 43.7. The first kappa shape index (κ1) is 16.7. The second-order valence-corrected chi connectivity index (χ2v) is 3.78. The lowest BCUT2D eigenvalue weighted by Crippen LogP contribution is -2.51. The molecule has 0 bridgehead atoms. The molecule has 0 aliphatic carbocycles. The monoisotopic (exact) mass is 275 g/mol. The van der Waals surface area contributed by atoms with Crippen LogP contribution in [0.2, 0.25) is 0 Å². The molecular formula is C10H17N3O6. The number of hydrogen-bond donors (Lipinski definition) is 5. The summed E-state index contributed by atoms with van der Waals surface area (Å²) >= 11 is 0. The van der Waals surface area contributed by atoms with E-state index in [-0.39, 0.29) is 12.8 Å². The van der Waals surface area contributed by atoms with Crippen LogP contribution in [0.5, 0.6) is 0 Å². The van der Waals surface area contributed by atoms with E-state index in [1.54, 1.807) is 0 Å². The number of carboxylic acids is 2. The van der Waals surface area contributed by atoms with Gasteiger partial charge in [0, 0.05) is 13.5 Å². The standard InChI is InChI=1S/C10H17N3O6/c1-5(8(16)11-2)12-10(19)13-6(9(17)18)3-4-7(14)15/h5-6H,3-4H2,1-2H3,(H,11,16)(H,14,15)(H,17,18)(H2,12,13,19). The minimum Gasteiger partial charge on any atom is -0.481 e. The van der Waals surface area contributed by atoms with Crippen LogP contribution in [0.25, 0.3) is 0 Å². The van der Waals surface area contributed by atoms with E-state index in [9.17, 15) is 19.2 Å². The Hall–Kier alpha value is -2.32. The number of nitrogens with one attached hydrogen (secondary N) is 3. The molecule has 2 unspecified atom stereocenters. The fourth-order valence-corrected chi connectivity index (χ4v) is 1.20. The number of aliphatic carboxylic acids is 2. The summed E-state index contributed by atoms with van der Waals surface area (Å²) in [6.45, 7) is 1.42. The molecule has 0 spiro atoms. The van der Waals surface area contributed by atoms with Crippen LogP contribution in [0, 0.1) is 0 Å². The molecule has 19 heavy (non-hydrogen) atoms. The Bertz CT molecular complexity index is 370. The van der Waals surface area contributed by atoms with Gasteiger partial charge in [-0.05, 0) is 13.3 Å². The molecule has 0 heterocycles. The predicted molar refractivity (Wildman–Crippen MR) is 63.5 cm³/mol.